The molecule has 1 saturated heterocycles. The van der Waals surface area contributed by atoms with Gasteiger partial charge in [0.2, 0.25) is 0 Å². The minimum Gasteiger partial charge on any atom is -0.492 e. The first-order valence-corrected chi connectivity index (χ1v) is 6.48. The fourth-order valence-corrected chi connectivity index (χ4v) is 2.40. The normalized spacial score (nSPS) is 20.1. The van der Waals surface area contributed by atoms with Crippen LogP contribution in [0.5, 0.6) is 5.75 Å². The topological polar surface area (TPSA) is 77.1 Å². The molecule has 0 aliphatic carbocycles. The summed E-state index contributed by atoms with van der Waals surface area (Å²) < 4.78 is 11.8. The summed E-state index contributed by atoms with van der Waals surface area (Å²) in [7, 11) is 0. The predicted molar refractivity (Wildman–Crippen MR) is 71.1 cm³/mol. The van der Waals surface area contributed by atoms with Crippen molar-refractivity contribution in [3.05, 3.63) is 28.2 Å². The minimum atomic E-state index is 0.0279. The number of ether oxygens (including phenoxy) is 2. The molecule has 1 fully saturated rings. The molecule has 0 spiro atoms. The van der Waals surface area contributed by atoms with Gasteiger partial charge in [-0.25, -0.2) is 0 Å². The Kier molecular flexibility index (Phi) is 4.43. The van der Waals surface area contributed by atoms with Gasteiger partial charge in [-0.2, -0.15) is 0 Å². The zero-order valence-corrected chi connectivity index (χ0v) is 11.4. The van der Waals surface area contributed by atoms with Crippen molar-refractivity contribution in [2.45, 2.75) is 6.42 Å². The third kappa shape index (κ3) is 2.94. The van der Waals surface area contributed by atoms with Crippen LogP contribution in [0.2, 0.25) is 0 Å². The molecular weight excluding hydrogens is 300 g/mol. The lowest BCUT2D eigenvalue weighted by Crippen LogP contribution is -2.18. The van der Waals surface area contributed by atoms with E-state index >= 15 is 0 Å². The molecule has 0 amide bonds. The van der Waals surface area contributed by atoms with Crippen molar-refractivity contribution in [2.75, 3.05) is 19.8 Å². The Morgan fingerprint density at radius 3 is 3.11 bits per heavy atom. The maximum atomic E-state index is 8.78. The Morgan fingerprint density at radius 2 is 2.44 bits per heavy atom. The summed E-state index contributed by atoms with van der Waals surface area (Å²) >= 11 is 3.37. The molecule has 1 aromatic rings. The summed E-state index contributed by atoms with van der Waals surface area (Å²) in [5.74, 6) is 1.04. The van der Waals surface area contributed by atoms with Crippen LogP contribution in [0.1, 0.15) is 12.0 Å². The van der Waals surface area contributed by atoms with E-state index < -0.39 is 0 Å². The van der Waals surface area contributed by atoms with E-state index in [1.54, 1.807) is 6.07 Å². The number of oxime groups is 1. The Balaban J connectivity index is 2.13. The summed E-state index contributed by atoms with van der Waals surface area (Å²) in [6.07, 6.45) is 1.01. The number of rotatable bonds is 4. The SMILES string of the molecule is N/C(=N/O)c1c(Br)cccc1OCC1CCOC1. The van der Waals surface area contributed by atoms with E-state index in [-0.39, 0.29) is 5.84 Å². The number of amidine groups is 1. The van der Waals surface area contributed by atoms with Crippen molar-refractivity contribution in [3.8, 4) is 5.75 Å². The number of nitrogens with zero attached hydrogens (tertiary/aromatic N) is 1. The van der Waals surface area contributed by atoms with Crippen molar-refractivity contribution in [1.82, 2.24) is 0 Å². The van der Waals surface area contributed by atoms with Gasteiger partial charge in [-0.05, 0) is 34.5 Å². The first-order chi connectivity index (χ1) is 8.72. The fourth-order valence-electron chi connectivity index (χ4n) is 1.85. The molecule has 3 N–H and O–H groups in total. The maximum absolute atomic E-state index is 8.78. The Bertz CT molecular complexity index is 445. The molecule has 0 saturated carbocycles. The second-order valence-corrected chi connectivity index (χ2v) is 4.99. The Hall–Kier alpha value is -1.27. The van der Waals surface area contributed by atoms with E-state index in [0.717, 1.165) is 24.1 Å². The predicted octanol–water partition coefficient (Wildman–Crippen LogP) is 1.96. The molecule has 0 radical (unpaired) electrons. The second-order valence-electron chi connectivity index (χ2n) is 4.14. The zero-order chi connectivity index (χ0) is 13.0. The van der Waals surface area contributed by atoms with Gasteiger partial charge in [-0.3, -0.25) is 0 Å². The van der Waals surface area contributed by atoms with E-state index in [4.69, 9.17) is 20.4 Å². The van der Waals surface area contributed by atoms with Crippen molar-refractivity contribution >= 4 is 21.8 Å². The van der Waals surface area contributed by atoms with Gasteiger partial charge in [-0.1, -0.05) is 11.2 Å². The summed E-state index contributed by atoms with van der Waals surface area (Å²) in [6.45, 7) is 2.09. The van der Waals surface area contributed by atoms with Gasteiger partial charge in [0, 0.05) is 17.0 Å². The molecule has 2 rings (SSSR count). The van der Waals surface area contributed by atoms with Crippen LogP contribution < -0.4 is 10.5 Å². The number of hydrogen-bond donors (Lipinski definition) is 2. The molecule has 1 aliphatic heterocycles. The number of halogens is 1. The van der Waals surface area contributed by atoms with Crippen LogP contribution >= 0.6 is 15.9 Å². The molecular formula is C12H15BrN2O3. The van der Waals surface area contributed by atoms with Crippen LogP contribution in [0.25, 0.3) is 0 Å². The molecule has 98 valence electrons. The largest absolute Gasteiger partial charge is 0.492 e. The van der Waals surface area contributed by atoms with Gasteiger partial charge >= 0.3 is 0 Å². The number of nitrogens with two attached hydrogens (primary N) is 1. The molecule has 1 atom stereocenters. The van der Waals surface area contributed by atoms with Crippen molar-refractivity contribution in [1.29, 1.82) is 0 Å². The average Bonchev–Trinajstić information content (AvgIpc) is 2.88. The van der Waals surface area contributed by atoms with E-state index in [1.807, 2.05) is 12.1 Å². The lowest BCUT2D eigenvalue weighted by molar-refractivity contribution is 0.167. The summed E-state index contributed by atoms with van der Waals surface area (Å²) in [5, 5.41) is 11.8. The zero-order valence-electron chi connectivity index (χ0n) is 9.80. The van der Waals surface area contributed by atoms with Crippen molar-refractivity contribution < 1.29 is 14.7 Å². The molecule has 0 aromatic heterocycles. The van der Waals surface area contributed by atoms with E-state index in [1.165, 1.54) is 0 Å². The van der Waals surface area contributed by atoms with Gasteiger partial charge in [0.05, 0.1) is 18.8 Å². The highest BCUT2D eigenvalue weighted by molar-refractivity contribution is 9.10. The lowest BCUT2D eigenvalue weighted by Gasteiger charge is -2.14. The molecule has 1 unspecified atom stereocenters. The average molecular weight is 315 g/mol. The van der Waals surface area contributed by atoms with Crippen molar-refractivity contribution in [3.63, 3.8) is 0 Å². The molecule has 6 heteroatoms. The molecule has 0 bridgehead atoms. The standard InChI is InChI=1S/C12H15BrN2O3/c13-9-2-1-3-10(11(9)12(14)15-16)18-7-8-4-5-17-6-8/h1-3,8,16H,4-7H2,(H2,14,15). The Morgan fingerprint density at radius 1 is 1.61 bits per heavy atom. The Labute approximate surface area is 114 Å². The van der Waals surface area contributed by atoms with Crippen LogP contribution in [0.4, 0.5) is 0 Å². The van der Waals surface area contributed by atoms with Crippen LogP contribution in [-0.4, -0.2) is 30.9 Å². The third-order valence-electron chi connectivity index (χ3n) is 2.84. The smallest absolute Gasteiger partial charge is 0.174 e. The van der Waals surface area contributed by atoms with Crippen LogP contribution in [0, 0.1) is 5.92 Å². The molecule has 1 aromatic carbocycles. The summed E-state index contributed by atoms with van der Waals surface area (Å²) in [4.78, 5) is 0. The summed E-state index contributed by atoms with van der Waals surface area (Å²) in [6, 6.07) is 5.46. The molecule has 1 aliphatic rings. The lowest BCUT2D eigenvalue weighted by atomic mass is 10.1. The summed E-state index contributed by atoms with van der Waals surface area (Å²) in [5.41, 5.74) is 6.21. The van der Waals surface area contributed by atoms with E-state index in [2.05, 4.69) is 21.1 Å². The van der Waals surface area contributed by atoms with Gasteiger partial charge in [0.15, 0.2) is 5.84 Å². The third-order valence-corrected chi connectivity index (χ3v) is 3.50. The molecule has 18 heavy (non-hydrogen) atoms. The van der Waals surface area contributed by atoms with E-state index in [0.29, 0.717) is 23.8 Å². The van der Waals surface area contributed by atoms with E-state index in [9.17, 15) is 0 Å². The fraction of sp³-hybridized carbons (Fsp3) is 0.417. The number of hydrogen-bond acceptors (Lipinski definition) is 4. The van der Waals surface area contributed by atoms with Gasteiger partial charge < -0.3 is 20.4 Å². The molecule has 1 heterocycles. The highest BCUT2D eigenvalue weighted by Gasteiger charge is 2.18. The molecule has 5 nitrogen and oxygen atoms in total. The van der Waals surface area contributed by atoms with Crippen LogP contribution in [0.15, 0.2) is 27.8 Å². The van der Waals surface area contributed by atoms with Gasteiger partial charge in [-0.15, -0.1) is 0 Å². The van der Waals surface area contributed by atoms with Gasteiger partial charge in [0.25, 0.3) is 0 Å². The van der Waals surface area contributed by atoms with Crippen LogP contribution in [0.3, 0.4) is 0 Å². The quantitative estimate of drug-likeness (QED) is 0.385. The minimum absolute atomic E-state index is 0.0279. The second kappa shape index (κ2) is 6.06. The first kappa shape index (κ1) is 13.2. The first-order valence-electron chi connectivity index (χ1n) is 5.69. The highest BCUT2D eigenvalue weighted by Crippen LogP contribution is 2.27. The van der Waals surface area contributed by atoms with Gasteiger partial charge in [0.1, 0.15) is 5.75 Å². The maximum Gasteiger partial charge on any atom is 0.174 e. The van der Waals surface area contributed by atoms with Crippen molar-refractivity contribution in [2.24, 2.45) is 16.8 Å². The monoisotopic (exact) mass is 314 g/mol. The highest BCUT2D eigenvalue weighted by atomic mass is 79.9. The number of benzene rings is 1. The van der Waals surface area contributed by atoms with Crippen LogP contribution in [-0.2, 0) is 4.74 Å².